The lowest BCUT2D eigenvalue weighted by atomic mass is 9.86. The molecule has 4 aromatic rings. The highest BCUT2D eigenvalue weighted by atomic mass is 16.1. The van der Waals surface area contributed by atoms with Gasteiger partial charge in [0.15, 0.2) is 0 Å². The predicted octanol–water partition coefficient (Wildman–Crippen LogP) is 7.38. The molecular formula is C29H34N4O. The van der Waals surface area contributed by atoms with Gasteiger partial charge in [-0.2, -0.15) is 0 Å². The summed E-state index contributed by atoms with van der Waals surface area (Å²) in [6.07, 6.45) is 9.79. The van der Waals surface area contributed by atoms with Crippen molar-refractivity contribution in [2.24, 2.45) is 5.92 Å². The van der Waals surface area contributed by atoms with Crippen molar-refractivity contribution in [3.63, 3.8) is 0 Å². The first kappa shape index (κ1) is 23.8. The summed E-state index contributed by atoms with van der Waals surface area (Å²) in [4.78, 5) is 20.7. The van der Waals surface area contributed by atoms with E-state index in [4.69, 9.17) is 5.41 Å². The van der Waals surface area contributed by atoms with Crippen molar-refractivity contribution in [3.05, 3.63) is 60.6 Å². The second-order valence-electron chi connectivity index (χ2n) is 9.53. The monoisotopic (exact) mass is 454 g/mol. The Hall–Kier alpha value is -3.34. The van der Waals surface area contributed by atoms with Crippen LogP contribution < -0.4 is 0 Å². The maximum absolute atomic E-state index is 11.4. The van der Waals surface area contributed by atoms with Crippen molar-refractivity contribution >= 4 is 33.4 Å². The van der Waals surface area contributed by atoms with E-state index >= 15 is 0 Å². The van der Waals surface area contributed by atoms with Crippen molar-refractivity contribution in [2.75, 3.05) is 0 Å². The molecular weight excluding hydrogens is 420 g/mol. The van der Waals surface area contributed by atoms with Crippen LogP contribution in [0.3, 0.4) is 0 Å². The number of fused-ring (bicyclic) bond motifs is 2. The van der Waals surface area contributed by atoms with Gasteiger partial charge in [-0.15, -0.1) is 0 Å². The van der Waals surface area contributed by atoms with E-state index < -0.39 is 0 Å². The van der Waals surface area contributed by atoms with Gasteiger partial charge >= 0.3 is 0 Å². The van der Waals surface area contributed by atoms with Crippen molar-refractivity contribution in [3.8, 4) is 11.1 Å². The number of aromatic nitrogens is 3. The molecule has 0 bridgehead atoms. The maximum Gasteiger partial charge on any atom is 0.129 e. The average molecular weight is 455 g/mol. The van der Waals surface area contributed by atoms with Crippen molar-refractivity contribution < 1.29 is 4.79 Å². The molecule has 1 atom stereocenters. The summed E-state index contributed by atoms with van der Waals surface area (Å²) in [5, 5.41) is 10.3. The fourth-order valence-electron chi connectivity index (χ4n) is 4.83. The van der Waals surface area contributed by atoms with Gasteiger partial charge in [0.05, 0.1) is 11.0 Å². The molecule has 0 aliphatic carbocycles. The first-order valence-electron chi connectivity index (χ1n) is 12.3. The van der Waals surface area contributed by atoms with E-state index in [1.54, 1.807) is 19.3 Å². The second kappa shape index (κ2) is 10.3. The molecule has 34 heavy (non-hydrogen) atoms. The summed E-state index contributed by atoms with van der Waals surface area (Å²) < 4.78 is 2.28. The maximum atomic E-state index is 11.4. The number of carbonyl (C=O) groups is 1. The molecule has 0 fully saturated rings. The highest BCUT2D eigenvalue weighted by Gasteiger charge is 2.19. The van der Waals surface area contributed by atoms with Gasteiger partial charge < -0.3 is 14.8 Å². The van der Waals surface area contributed by atoms with E-state index in [1.807, 2.05) is 6.07 Å². The Bertz CT molecular complexity index is 1330. The molecule has 5 heteroatoms. The predicted molar refractivity (Wildman–Crippen MR) is 141 cm³/mol. The average Bonchev–Trinajstić information content (AvgIpc) is 3.26. The normalized spacial score (nSPS) is 12.5. The van der Waals surface area contributed by atoms with Crippen LogP contribution in [0.25, 0.3) is 33.1 Å². The largest absolute Gasteiger partial charge is 0.345 e. The Morgan fingerprint density at radius 1 is 1.06 bits per heavy atom. The molecule has 4 rings (SSSR count). The molecule has 0 amide bonds. The van der Waals surface area contributed by atoms with Crippen LogP contribution in [0.15, 0.2) is 55.0 Å². The van der Waals surface area contributed by atoms with Crippen LogP contribution in [0.4, 0.5) is 0 Å². The van der Waals surface area contributed by atoms with Crippen LogP contribution in [0.1, 0.15) is 71.4 Å². The molecule has 0 radical (unpaired) electrons. The highest BCUT2D eigenvalue weighted by molar-refractivity contribution is 6.06. The zero-order chi connectivity index (χ0) is 24.2. The quantitative estimate of drug-likeness (QED) is 0.254. The Kier molecular flexibility index (Phi) is 7.20. The lowest BCUT2D eigenvalue weighted by Crippen LogP contribution is -2.16. The van der Waals surface area contributed by atoms with E-state index in [2.05, 4.69) is 71.8 Å². The summed E-state index contributed by atoms with van der Waals surface area (Å²) in [6.45, 7) is 8.17. The highest BCUT2D eigenvalue weighted by Crippen LogP contribution is 2.33. The van der Waals surface area contributed by atoms with Crippen LogP contribution in [0, 0.1) is 11.3 Å². The Morgan fingerprint density at radius 3 is 2.59 bits per heavy atom. The van der Waals surface area contributed by atoms with Crippen LogP contribution in [0.5, 0.6) is 0 Å². The first-order chi connectivity index (χ1) is 16.4. The SMILES string of the molecule is CCCC(CCCC(C)=O)C(=N)c1cc(-c2ccc3ccn(C(C)C)c3c2)c2nccnc2c1. The second-order valence-corrected chi connectivity index (χ2v) is 9.53. The number of carbonyl (C=O) groups excluding carboxylic acids is 1. The first-order valence-corrected chi connectivity index (χ1v) is 12.3. The molecule has 2 aromatic heterocycles. The Labute approximate surface area is 201 Å². The number of benzene rings is 2. The molecule has 5 nitrogen and oxygen atoms in total. The number of hydrogen-bond acceptors (Lipinski definition) is 4. The summed E-state index contributed by atoms with van der Waals surface area (Å²) in [7, 11) is 0. The van der Waals surface area contributed by atoms with Crippen LogP contribution in [-0.4, -0.2) is 26.0 Å². The topological polar surface area (TPSA) is 71.6 Å². The minimum Gasteiger partial charge on any atom is -0.345 e. The Morgan fingerprint density at radius 2 is 1.85 bits per heavy atom. The zero-order valence-corrected chi connectivity index (χ0v) is 20.6. The van der Waals surface area contributed by atoms with Gasteiger partial charge in [0, 0.05) is 53.8 Å². The lowest BCUT2D eigenvalue weighted by Gasteiger charge is -2.19. The third kappa shape index (κ3) is 4.93. The zero-order valence-electron chi connectivity index (χ0n) is 20.6. The van der Waals surface area contributed by atoms with Gasteiger partial charge in [0.1, 0.15) is 5.78 Å². The molecule has 0 saturated carbocycles. The van der Waals surface area contributed by atoms with Crippen LogP contribution in [-0.2, 0) is 4.79 Å². The van der Waals surface area contributed by atoms with Gasteiger partial charge in [-0.05, 0) is 80.8 Å². The van der Waals surface area contributed by atoms with E-state index in [9.17, 15) is 4.79 Å². The van der Waals surface area contributed by atoms with E-state index in [0.29, 0.717) is 18.2 Å². The smallest absolute Gasteiger partial charge is 0.129 e. The molecule has 0 spiro atoms. The number of nitrogens with zero attached hydrogens (tertiary/aromatic N) is 3. The molecule has 1 unspecified atom stereocenters. The number of hydrogen-bond donors (Lipinski definition) is 1. The minimum absolute atomic E-state index is 0.131. The lowest BCUT2D eigenvalue weighted by molar-refractivity contribution is -0.117. The van der Waals surface area contributed by atoms with Gasteiger partial charge in [-0.1, -0.05) is 25.5 Å². The summed E-state index contributed by atoms with van der Waals surface area (Å²) in [5.41, 5.74) is 6.45. The fourth-order valence-corrected chi connectivity index (χ4v) is 4.83. The van der Waals surface area contributed by atoms with Gasteiger partial charge in [0.2, 0.25) is 0 Å². The summed E-state index contributed by atoms with van der Waals surface area (Å²) >= 11 is 0. The minimum atomic E-state index is 0.131. The van der Waals surface area contributed by atoms with Crippen LogP contribution >= 0.6 is 0 Å². The van der Waals surface area contributed by atoms with E-state index in [1.165, 1.54) is 10.9 Å². The molecule has 0 saturated heterocycles. The molecule has 0 aliphatic heterocycles. The third-order valence-electron chi connectivity index (χ3n) is 6.60. The van der Waals surface area contributed by atoms with Crippen molar-refractivity contribution in [1.29, 1.82) is 5.41 Å². The molecule has 2 aromatic carbocycles. The molecule has 2 heterocycles. The summed E-state index contributed by atoms with van der Waals surface area (Å²) in [6, 6.07) is 13.1. The summed E-state index contributed by atoms with van der Waals surface area (Å²) in [5.74, 6) is 0.346. The third-order valence-corrected chi connectivity index (χ3v) is 6.60. The van der Waals surface area contributed by atoms with Crippen LogP contribution in [0.2, 0.25) is 0 Å². The Balaban J connectivity index is 1.79. The number of nitrogens with one attached hydrogen (secondary N) is 1. The number of Topliss-reactive ketones (excluding diaryl/α,β-unsaturated/α-hetero) is 1. The number of ketones is 1. The standard InChI is InChI=1S/C29H34N4O/c1-5-7-22(9-6-8-20(4)34)28(30)24-16-25(29-26(17-24)31-13-14-32-29)23-11-10-21-12-15-33(19(2)3)27(21)18-23/h10-19,22,30H,5-9H2,1-4H3. The molecule has 1 N–H and O–H groups in total. The van der Waals surface area contributed by atoms with Crippen molar-refractivity contribution in [2.45, 2.75) is 65.8 Å². The van der Waals surface area contributed by atoms with Gasteiger partial charge in [-0.3, -0.25) is 9.97 Å². The van der Waals surface area contributed by atoms with Crippen molar-refractivity contribution in [1.82, 2.24) is 14.5 Å². The molecule has 176 valence electrons. The molecule has 0 aliphatic rings. The number of rotatable bonds is 10. The fraction of sp³-hybridized carbons (Fsp3) is 0.379. The van der Waals surface area contributed by atoms with Gasteiger partial charge in [-0.25, -0.2) is 0 Å². The van der Waals surface area contributed by atoms with Gasteiger partial charge in [0.25, 0.3) is 0 Å². The van der Waals surface area contributed by atoms with E-state index in [-0.39, 0.29) is 11.7 Å². The van der Waals surface area contributed by atoms with E-state index in [0.717, 1.165) is 53.4 Å².